The molecule has 0 aliphatic carbocycles. The van der Waals surface area contributed by atoms with Gasteiger partial charge < -0.3 is 5.32 Å². The number of halogens is 1. The number of nitrogens with zero attached hydrogens (tertiary/aromatic N) is 3. The maximum absolute atomic E-state index is 13.3. The molecular formula is C25H25FN4O2S2. The number of rotatable bonds is 9. The molecule has 176 valence electrons. The van der Waals surface area contributed by atoms with Gasteiger partial charge in [0.25, 0.3) is 11.5 Å². The third-order valence-corrected chi connectivity index (χ3v) is 6.87. The van der Waals surface area contributed by atoms with Gasteiger partial charge in [-0.15, -0.1) is 0 Å². The van der Waals surface area contributed by atoms with Gasteiger partial charge in [-0.2, -0.15) is 0 Å². The van der Waals surface area contributed by atoms with Gasteiger partial charge in [-0.1, -0.05) is 68.4 Å². The van der Waals surface area contributed by atoms with Crippen LogP contribution in [0.4, 0.5) is 10.2 Å². The van der Waals surface area contributed by atoms with Gasteiger partial charge in [0.2, 0.25) is 0 Å². The Balaban J connectivity index is 1.64. The molecule has 34 heavy (non-hydrogen) atoms. The van der Waals surface area contributed by atoms with Crippen LogP contribution in [0.1, 0.15) is 43.7 Å². The SMILES string of the molecule is CCCCCCNc1nc2ccccn2c(=O)c1C=C1SC(=S)N(Cc2ccc(F)cc2)C1=O. The minimum Gasteiger partial charge on any atom is -0.369 e. The standard InChI is InChI=1S/C25H25FN4O2S2/c1-2-3-4-6-13-27-22-19(23(31)29-14-7-5-8-21(29)28-22)15-20-24(32)30(25(33)34-20)16-17-9-11-18(26)12-10-17/h5,7-12,14-15,27H,2-4,6,13,16H2,1H3. The zero-order valence-electron chi connectivity index (χ0n) is 18.8. The maximum atomic E-state index is 13.3. The van der Waals surface area contributed by atoms with E-state index in [4.69, 9.17) is 12.2 Å². The van der Waals surface area contributed by atoms with E-state index in [9.17, 15) is 14.0 Å². The molecule has 1 N–H and O–H groups in total. The number of nitrogens with one attached hydrogen (secondary N) is 1. The maximum Gasteiger partial charge on any atom is 0.267 e. The normalized spacial score (nSPS) is 15.0. The number of hydrogen-bond donors (Lipinski definition) is 1. The molecule has 9 heteroatoms. The van der Waals surface area contributed by atoms with Crippen molar-refractivity contribution >= 4 is 51.7 Å². The third-order valence-electron chi connectivity index (χ3n) is 5.49. The minimum absolute atomic E-state index is 0.236. The van der Waals surface area contributed by atoms with Gasteiger partial charge in [0.15, 0.2) is 0 Å². The summed E-state index contributed by atoms with van der Waals surface area (Å²) in [6.45, 7) is 3.07. The van der Waals surface area contributed by atoms with E-state index in [0.717, 1.165) is 43.0 Å². The second kappa shape index (κ2) is 10.9. The lowest BCUT2D eigenvalue weighted by Crippen LogP contribution is -2.27. The number of amides is 1. The van der Waals surface area contributed by atoms with Gasteiger partial charge in [-0.25, -0.2) is 9.37 Å². The van der Waals surface area contributed by atoms with Gasteiger partial charge in [-0.05, 0) is 42.3 Å². The van der Waals surface area contributed by atoms with Crippen LogP contribution in [0.15, 0.2) is 58.4 Å². The van der Waals surface area contributed by atoms with Crippen molar-refractivity contribution in [2.75, 3.05) is 11.9 Å². The van der Waals surface area contributed by atoms with Crippen molar-refractivity contribution in [1.82, 2.24) is 14.3 Å². The Labute approximate surface area is 206 Å². The number of aromatic nitrogens is 2. The topological polar surface area (TPSA) is 66.7 Å². The molecule has 6 nitrogen and oxygen atoms in total. The van der Waals surface area contributed by atoms with Crippen LogP contribution in [0.3, 0.4) is 0 Å². The van der Waals surface area contributed by atoms with Crippen LogP contribution in [0.2, 0.25) is 0 Å². The van der Waals surface area contributed by atoms with Crippen molar-refractivity contribution in [3.05, 3.63) is 80.9 Å². The first kappa shape index (κ1) is 24.1. The average molecular weight is 497 g/mol. The highest BCUT2D eigenvalue weighted by molar-refractivity contribution is 8.26. The lowest BCUT2D eigenvalue weighted by Gasteiger charge is -2.14. The Morgan fingerprint density at radius 1 is 1.12 bits per heavy atom. The predicted molar refractivity (Wildman–Crippen MR) is 139 cm³/mol. The summed E-state index contributed by atoms with van der Waals surface area (Å²) in [5, 5.41) is 3.29. The van der Waals surface area contributed by atoms with Crippen LogP contribution >= 0.6 is 24.0 Å². The molecule has 3 aromatic rings. The summed E-state index contributed by atoms with van der Waals surface area (Å²) < 4.78 is 15.1. The van der Waals surface area contributed by atoms with Gasteiger partial charge in [0, 0.05) is 12.7 Å². The number of benzene rings is 1. The fourth-order valence-corrected chi connectivity index (χ4v) is 4.90. The minimum atomic E-state index is -0.340. The molecule has 1 aliphatic rings. The van der Waals surface area contributed by atoms with E-state index in [0.29, 0.717) is 32.8 Å². The van der Waals surface area contributed by atoms with Crippen LogP contribution in [0.5, 0.6) is 0 Å². The molecule has 0 unspecified atom stereocenters. The van der Waals surface area contributed by atoms with Crippen LogP contribution in [-0.2, 0) is 11.3 Å². The molecule has 1 aliphatic heterocycles. The van der Waals surface area contributed by atoms with Gasteiger partial charge >= 0.3 is 0 Å². The van der Waals surface area contributed by atoms with E-state index in [1.807, 2.05) is 6.07 Å². The monoisotopic (exact) mass is 496 g/mol. The molecule has 0 atom stereocenters. The molecule has 3 heterocycles. The second-order valence-corrected chi connectivity index (χ2v) is 9.67. The lowest BCUT2D eigenvalue weighted by atomic mass is 10.2. The first-order valence-electron chi connectivity index (χ1n) is 11.2. The van der Waals surface area contributed by atoms with E-state index in [1.54, 1.807) is 36.5 Å². The fraction of sp³-hybridized carbons (Fsp3) is 0.280. The van der Waals surface area contributed by atoms with Gasteiger partial charge in [0.1, 0.15) is 21.6 Å². The summed E-state index contributed by atoms with van der Waals surface area (Å²) >= 11 is 6.58. The lowest BCUT2D eigenvalue weighted by molar-refractivity contribution is -0.122. The van der Waals surface area contributed by atoms with Crippen LogP contribution in [-0.4, -0.2) is 31.1 Å². The zero-order valence-corrected chi connectivity index (χ0v) is 20.4. The summed E-state index contributed by atoms with van der Waals surface area (Å²) in [7, 11) is 0. The Kier molecular flexibility index (Phi) is 7.74. The van der Waals surface area contributed by atoms with E-state index in [1.165, 1.54) is 21.4 Å². The number of unbranched alkanes of at least 4 members (excludes halogenated alkanes) is 3. The van der Waals surface area contributed by atoms with E-state index >= 15 is 0 Å². The fourth-order valence-electron chi connectivity index (χ4n) is 3.67. The molecule has 0 spiro atoms. The zero-order chi connectivity index (χ0) is 24.1. The molecule has 0 saturated carbocycles. The number of hydrogen-bond acceptors (Lipinski definition) is 6. The Morgan fingerprint density at radius 3 is 2.68 bits per heavy atom. The van der Waals surface area contributed by atoms with E-state index in [-0.39, 0.29) is 23.8 Å². The average Bonchev–Trinajstić information content (AvgIpc) is 3.10. The van der Waals surface area contributed by atoms with Crippen molar-refractivity contribution in [3.63, 3.8) is 0 Å². The number of anilines is 1. The third kappa shape index (κ3) is 5.37. The molecule has 1 amide bonds. The predicted octanol–water partition coefficient (Wildman–Crippen LogP) is 5.23. The molecule has 0 radical (unpaired) electrons. The second-order valence-electron chi connectivity index (χ2n) is 7.99. The number of thioether (sulfide) groups is 1. The summed E-state index contributed by atoms with van der Waals surface area (Å²) in [5.41, 5.74) is 1.36. The van der Waals surface area contributed by atoms with Crippen molar-refractivity contribution in [1.29, 1.82) is 0 Å². The molecule has 2 aromatic heterocycles. The number of carbonyl (C=O) groups excluding carboxylic acids is 1. The van der Waals surface area contributed by atoms with Crippen molar-refractivity contribution in [3.8, 4) is 0 Å². The highest BCUT2D eigenvalue weighted by Crippen LogP contribution is 2.34. The Morgan fingerprint density at radius 2 is 1.91 bits per heavy atom. The molecule has 1 aromatic carbocycles. The van der Waals surface area contributed by atoms with Crippen molar-refractivity contribution in [2.45, 2.75) is 39.2 Å². The van der Waals surface area contributed by atoms with E-state index < -0.39 is 0 Å². The van der Waals surface area contributed by atoms with Gasteiger partial charge in [-0.3, -0.25) is 18.9 Å². The first-order valence-corrected chi connectivity index (χ1v) is 12.5. The quantitative estimate of drug-likeness (QED) is 0.249. The Hall–Kier alpha value is -3.04. The number of pyridine rings is 1. The molecule has 4 rings (SSSR count). The highest BCUT2D eigenvalue weighted by atomic mass is 32.2. The smallest absolute Gasteiger partial charge is 0.267 e. The number of thiocarbonyl (C=S) groups is 1. The first-order chi connectivity index (χ1) is 16.5. The summed E-state index contributed by atoms with van der Waals surface area (Å²) in [5.74, 6) is -0.171. The largest absolute Gasteiger partial charge is 0.369 e. The van der Waals surface area contributed by atoms with Gasteiger partial charge in [0.05, 0.1) is 17.0 Å². The summed E-state index contributed by atoms with van der Waals surface area (Å²) in [4.78, 5) is 32.9. The molecule has 0 bridgehead atoms. The Bertz CT molecular complexity index is 1300. The highest BCUT2D eigenvalue weighted by Gasteiger charge is 2.32. The van der Waals surface area contributed by atoms with Crippen molar-refractivity contribution < 1.29 is 9.18 Å². The van der Waals surface area contributed by atoms with Crippen molar-refractivity contribution in [2.24, 2.45) is 0 Å². The molecule has 1 fully saturated rings. The number of carbonyl (C=O) groups is 1. The van der Waals surface area contributed by atoms with Crippen LogP contribution in [0.25, 0.3) is 11.7 Å². The van der Waals surface area contributed by atoms with E-state index in [2.05, 4.69) is 17.2 Å². The summed E-state index contributed by atoms with van der Waals surface area (Å²) in [6, 6.07) is 11.3. The molecular weight excluding hydrogens is 471 g/mol. The summed E-state index contributed by atoms with van der Waals surface area (Å²) in [6.07, 6.45) is 7.58. The van der Waals surface area contributed by atoms with Crippen LogP contribution < -0.4 is 10.9 Å². The number of fused-ring (bicyclic) bond motifs is 1. The molecule has 1 saturated heterocycles. The van der Waals surface area contributed by atoms with Crippen LogP contribution in [0, 0.1) is 5.82 Å².